The van der Waals surface area contributed by atoms with Gasteiger partial charge in [0.05, 0.1) is 0 Å². The number of fused-ring (bicyclic) bond motifs is 1. The lowest BCUT2D eigenvalue weighted by Crippen LogP contribution is -2.13. The Bertz CT molecular complexity index is 889. The van der Waals surface area contributed by atoms with Gasteiger partial charge in [0, 0.05) is 11.4 Å². The Morgan fingerprint density at radius 2 is 1.96 bits per heavy atom. The summed E-state index contributed by atoms with van der Waals surface area (Å²) >= 11 is 0. The highest BCUT2D eigenvalue weighted by Crippen LogP contribution is 2.12. The van der Waals surface area contributed by atoms with E-state index in [-0.39, 0.29) is 19.0 Å². The van der Waals surface area contributed by atoms with Gasteiger partial charge in [-0.3, -0.25) is 0 Å². The average molecular weight is 326 g/mol. The molecule has 0 atom stereocenters. The summed E-state index contributed by atoms with van der Waals surface area (Å²) in [6, 6.07) is 9.54. The topological polar surface area (TPSA) is 78.6 Å². The summed E-state index contributed by atoms with van der Waals surface area (Å²) in [6.07, 6.45) is 0. The van der Waals surface area contributed by atoms with Crippen molar-refractivity contribution in [3.8, 4) is 5.75 Å². The second-order valence-electron chi connectivity index (χ2n) is 5.49. The molecule has 3 aromatic rings. The van der Waals surface area contributed by atoms with Crippen LogP contribution in [0.15, 0.2) is 30.3 Å². The van der Waals surface area contributed by atoms with Crippen molar-refractivity contribution in [3.63, 3.8) is 0 Å². The van der Waals surface area contributed by atoms with E-state index in [2.05, 4.69) is 15.1 Å². The van der Waals surface area contributed by atoms with E-state index in [4.69, 9.17) is 9.47 Å². The molecule has 124 valence electrons. The quantitative estimate of drug-likeness (QED) is 0.529. The summed E-state index contributed by atoms with van der Waals surface area (Å²) < 4.78 is 12.2. The molecule has 24 heavy (non-hydrogen) atoms. The first-order valence-corrected chi connectivity index (χ1v) is 7.60. The molecular weight excluding hydrogens is 308 g/mol. The Balaban J connectivity index is 1.58. The Labute approximate surface area is 139 Å². The SMILES string of the molecule is Cc1cccc(OCCOC(=O)c2nc3nc(C)cc(C)n3n2)c1. The Kier molecular flexibility index (Phi) is 4.41. The minimum Gasteiger partial charge on any atom is -0.490 e. The van der Waals surface area contributed by atoms with E-state index < -0.39 is 5.97 Å². The van der Waals surface area contributed by atoms with Crippen molar-refractivity contribution >= 4 is 11.7 Å². The molecule has 0 saturated heterocycles. The molecule has 0 N–H and O–H groups in total. The van der Waals surface area contributed by atoms with Gasteiger partial charge >= 0.3 is 5.97 Å². The minimum absolute atomic E-state index is 0.00763. The molecule has 0 unspecified atom stereocenters. The number of rotatable bonds is 5. The van der Waals surface area contributed by atoms with Gasteiger partial charge in [-0.05, 0) is 44.5 Å². The zero-order chi connectivity index (χ0) is 17.1. The maximum atomic E-state index is 12.0. The molecule has 0 aliphatic heterocycles. The molecule has 7 nitrogen and oxygen atoms in total. The number of carbonyl (C=O) groups excluding carboxylic acids is 1. The van der Waals surface area contributed by atoms with Gasteiger partial charge < -0.3 is 9.47 Å². The van der Waals surface area contributed by atoms with Crippen molar-refractivity contribution < 1.29 is 14.3 Å². The number of benzene rings is 1. The maximum Gasteiger partial charge on any atom is 0.378 e. The van der Waals surface area contributed by atoms with Gasteiger partial charge in [-0.25, -0.2) is 14.3 Å². The highest BCUT2D eigenvalue weighted by Gasteiger charge is 2.16. The number of hydrogen-bond donors (Lipinski definition) is 0. The number of nitrogens with zero attached hydrogens (tertiary/aromatic N) is 4. The van der Waals surface area contributed by atoms with Crippen LogP contribution in [-0.2, 0) is 4.74 Å². The molecule has 0 radical (unpaired) electrons. The summed E-state index contributed by atoms with van der Waals surface area (Å²) in [4.78, 5) is 20.4. The molecule has 7 heteroatoms. The molecule has 0 spiro atoms. The number of hydrogen-bond acceptors (Lipinski definition) is 6. The number of ether oxygens (including phenoxy) is 2. The lowest BCUT2D eigenvalue weighted by atomic mass is 10.2. The summed E-state index contributed by atoms with van der Waals surface area (Å²) in [5.74, 6) is 0.528. The van der Waals surface area contributed by atoms with Gasteiger partial charge in [-0.2, -0.15) is 4.98 Å². The molecule has 0 fully saturated rings. The highest BCUT2D eigenvalue weighted by atomic mass is 16.6. The third-order valence-electron chi connectivity index (χ3n) is 3.38. The monoisotopic (exact) mass is 326 g/mol. The molecule has 0 saturated carbocycles. The standard InChI is InChI=1S/C17H18N4O3/c1-11-5-4-6-14(9-11)23-7-8-24-16(22)15-19-17-18-12(2)10-13(3)21(17)20-15/h4-6,9-10H,7-8H2,1-3H3. The van der Waals surface area contributed by atoms with E-state index in [0.29, 0.717) is 5.78 Å². The third kappa shape index (κ3) is 3.51. The van der Waals surface area contributed by atoms with Crippen molar-refractivity contribution in [2.75, 3.05) is 13.2 Å². The summed E-state index contributed by atoms with van der Waals surface area (Å²) in [5.41, 5.74) is 2.78. The molecule has 0 aliphatic carbocycles. The molecule has 2 heterocycles. The van der Waals surface area contributed by atoms with Gasteiger partial charge in [0.15, 0.2) is 0 Å². The largest absolute Gasteiger partial charge is 0.490 e. The zero-order valence-corrected chi connectivity index (χ0v) is 13.8. The number of aryl methyl sites for hydroxylation is 3. The van der Waals surface area contributed by atoms with Crippen LogP contribution in [-0.4, -0.2) is 38.8 Å². The van der Waals surface area contributed by atoms with E-state index in [1.807, 2.05) is 51.1 Å². The smallest absolute Gasteiger partial charge is 0.378 e. The van der Waals surface area contributed by atoms with E-state index in [1.54, 1.807) is 0 Å². The van der Waals surface area contributed by atoms with Crippen molar-refractivity contribution in [2.24, 2.45) is 0 Å². The molecule has 3 rings (SSSR count). The average Bonchev–Trinajstić information content (AvgIpc) is 2.96. The lowest BCUT2D eigenvalue weighted by molar-refractivity contribution is 0.0436. The summed E-state index contributed by atoms with van der Waals surface area (Å²) in [6.45, 7) is 6.11. The number of esters is 1. The second kappa shape index (κ2) is 6.66. The second-order valence-corrected chi connectivity index (χ2v) is 5.49. The van der Waals surface area contributed by atoms with E-state index >= 15 is 0 Å². The van der Waals surface area contributed by atoms with Crippen LogP contribution in [0.5, 0.6) is 5.75 Å². The Morgan fingerprint density at radius 3 is 2.75 bits per heavy atom. The molecule has 1 aromatic carbocycles. The maximum absolute atomic E-state index is 12.0. The number of carbonyl (C=O) groups is 1. The first-order valence-electron chi connectivity index (χ1n) is 7.60. The van der Waals surface area contributed by atoms with Crippen LogP contribution >= 0.6 is 0 Å². The van der Waals surface area contributed by atoms with Gasteiger partial charge in [0.25, 0.3) is 11.6 Å². The predicted octanol–water partition coefficient (Wildman–Crippen LogP) is 2.29. The van der Waals surface area contributed by atoms with Crippen LogP contribution in [0.1, 0.15) is 27.6 Å². The van der Waals surface area contributed by atoms with Crippen molar-refractivity contribution in [3.05, 3.63) is 53.1 Å². The van der Waals surface area contributed by atoms with Crippen LogP contribution in [0.2, 0.25) is 0 Å². The fraction of sp³-hybridized carbons (Fsp3) is 0.294. The molecule has 0 amide bonds. The van der Waals surface area contributed by atoms with Crippen LogP contribution < -0.4 is 4.74 Å². The summed E-state index contributed by atoms with van der Waals surface area (Å²) in [5, 5.41) is 4.13. The lowest BCUT2D eigenvalue weighted by Gasteiger charge is -2.06. The van der Waals surface area contributed by atoms with Crippen LogP contribution in [0.25, 0.3) is 5.78 Å². The Morgan fingerprint density at radius 1 is 1.12 bits per heavy atom. The third-order valence-corrected chi connectivity index (χ3v) is 3.38. The van der Waals surface area contributed by atoms with Crippen LogP contribution in [0, 0.1) is 20.8 Å². The fourth-order valence-electron chi connectivity index (χ4n) is 2.32. The van der Waals surface area contributed by atoms with Gasteiger partial charge in [-0.15, -0.1) is 5.10 Å². The van der Waals surface area contributed by atoms with Gasteiger partial charge in [0.2, 0.25) is 0 Å². The first-order chi connectivity index (χ1) is 11.5. The van der Waals surface area contributed by atoms with Crippen LogP contribution in [0.4, 0.5) is 0 Å². The predicted molar refractivity (Wildman–Crippen MR) is 87.2 cm³/mol. The van der Waals surface area contributed by atoms with Crippen molar-refractivity contribution in [1.82, 2.24) is 19.6 Å². The van der Waals surface area contributed by atoms with Crippen molar-refractivity contribution in [1.29, 1.82) is 0 Å². The van der Waals surface area contributed by atoms with E-state index in [1.165, 1.54) is 4.52 Å². The number of aromatic nitrogens is 4. The zero-order valence-electron chi connectivity index (χ0n) is 13.8. The van der Waals surface area contributed by atoms with Gasteiger partial charge in [0.1, 0.15) is 19.0 Å². The molecular formula is C17H18N4O3. The molecule has 0 aliphatic rings. The highest BCUT2D eigenvalue weighted by molar-refractivity contribution is 5.85. The summed E-state index contributed by atoms with van der Waals surface area (Å²) in [7, 11) is 0. The molecule has 0 bridgehead atoms. The first kappa shape index (κ1) is 15.9. The van der Waals surface area contributed by atoms with E-state index in [0.717, 1.165) is 22.7 Å². The van der Waals surface area contributed by atoms with Crippen molar-refractivity contribution in [2.45, 2.75) is 20.8 Å². The van der Waals surface area contributed by atoms with E-state index in [9.17, 15) is 4.79 Å². The fourth-order valence-corrected chi connectivity index (χ4v) is 2.32. The van der Waals surface area contributed by atoms with Crippen LogP contribution in [0.3, 0.4) is 0 Å². The minimum atomic E-state index is -0.592. The van der Waals surface area contributed by atoms with Gasteiger partial charge in [-0.1, -0.05) is 12.1 Å². The normalized spacial score (nSPS) is 10.8. The Hall–Kier alpha value is -2.96. The molecule has 2 aromatic heterocycles.